The van der Waals surface area contributed by atoms with Crippen molar-refractivity contribution in [3.8, 4) is 17.2 Å². The molecule has 0 radical (unpaired) electrons. The molecular weight excluding hydrogens is 230 g/mol. The van der Waals surface area contributed by atoms with Crippen LogP contribution in [0.2, 0.25) is 0 Å². The van der Waals surface area contributed by atoms with E-state index < -0.39 is 0 Å². The summed E-state index contributed by atoms with van der Waals surface area (Å²) in [5.74, 6) is 1.66. The van der Waals surface area contributed by atoms with Gasteiger partial charge >= 0.3 is 0 Å². The Morgan fingerprint density at radius 3 is 2.78 bits per heavy atom. The number of benzene rings is 1. The quantitative estimate of drug-likeness (QED) is 0.845. The maximum atomic E-state index is 9.75. The molecule has 1 aromatic carbocycles. The summed E-state index contributed by atoms with van der Waals surface area (Å²) in [7, 11) is 0. The Bertz CT molecular complexity index is 533. The number of nitrogens with one attached hydrogen (secondary N) is 1. The molecule has 2 aromatic rings. The van der Waals surface area contributed by atoms with Crippen molar-refractivity contribution >= 4 is 0 Å². The smallest absolute Gasteiger partial charge is 0.261 e. The monoisotopic (exact) mass is 245 g/mol. The number of aromatic hydroxyl groups is 1. The van der Waals surface area contributed by atoms with E-state index in [-0.39, 0.29) is 5.75 Å². The third kappa shape index (κ3) is 2.09. The lowest BCUT2D eigenvalue weighted by molar-refractivity contribution is 0.390. The van der Waals surface area contributed by atoms with Crippen LogP contribution in [0.15, 0.2) is 28.8 Å². The van der Waals surface area contributed by atoms with Crippen LogP contribution < -0.4 is 5.32 Å². The van der Waals surface area contributed by atoms with E-state index in [0.29, 0.717) is 17.4 Å². The molecule has 18 heavy (non-hydrogen) atoms. The van der Waals surface area contributed by atoms with Crippen molar-refractivity contribution in [1.82, 2.24) is 15.5 Å². The van der Waals surface area contributed by atoms with Crippen molar-refractivity contribution in [3.05, 3.63) is 30.1 Å². The Kier molecular flexibility index (Phi) is 2.98. The van der Waals surface area contributed by atoms with Gasteiger partial charge in [-0.1, -0.05) is 17.3 Å². The van der Waals surface area contributed by atoms with Gasteiger partial charge in [-0.25, -0.2) is 0 Å². The van der Waals surface area contributed by atoms with Gasteiger partial charge in [0.1, 0.15) is 5.75 Å². The first kappa shape index (κ1) is 11.2. The molecule has 5 heteroatoms. The summed E-state index contributed by atoms with van der Waals surface area (Å²) in [6, 6.07) is 6.99. The van der Waals surface area contributed by atoms with E-state index in [0.717, 1.165) is 31.8 Å². The van der Waals surface area contributed by atoms with Gasteiger partial charge in [-0.15, -0.1) is 0 Å². The van der Waals surface area contributed by atoms with Crippen LogP contribution in [0.5, 0.6) is 5.75 Å². The second kappa shape index (κ2) is 4.78. The Balaban J connectivity index is 1.87. The zero-order valence-electron chi connectivity index (χ0n) is 9.97. The molecule has 2 N–H and O–H groups in total. The fourth-order valence-electron chi connectivity index (χ4n) is 2.24. The normalized spacial score (nSPS) is 16.9. The second-order valence-electron chi connectivity index (χ2n) is 4.50. The van der Waals surface area contributed by atoms with Crippen LogP contribution in [-0.4, -0.2) is 28.3 Å². The minimum atomic E-state index is 0.165. The zero-order valence-corrected chi connectivity index (χ0v) is 9.97. The molecule has 0 amide bonds. The maximum absolute atomic E-state index is 9.75. The van der Waals surface area contributed by atoms with Gasteiger partial charge < -0.3 is 14.9 Å². The Morgan fingerprint density at radius 2 is 2.00 bits per heavy atom. The van der Waals surface area contributed by atoms with Crippen LogP contribution in [0, 0.1) is 0 Å². The van der Waals surface area contributed by atoms with E-state index in [9.17, 15) is 5.11 Å². The van der Waals surface area contributed by atoms with Gasteiger partial charge in [0.05, 0.1) is 5.56 Å². The third-order valence-corrected chi connectivity index (χ3v) is 3.28. The van der Waals surface area contributed by atoms with E-state index in [1.54, 1.807) is 18.2 Å². The van der Waals surface area contributed by atoms with Crippen LogP contribution in [0.3, 0.4) is 0 Å². The van der Waals surface area contributed by atoms with Crippen molar-refractivity contribution < 1.29 is 9.63 Å². The average molecular weight is 245 g/mol. The summed E-state index contributed by atoms with van der Waals surface area (Å²) in [4.78, 5) is 4.40. The van der Waals surface area contributed by atoms with Gasteiger partial charge in [-0.05, 0) is 38.1 Å². The largest absolute Gasteiger partial charge is 0.507 e. The lowest BCUT2D eigenvalue weighted by Gasteiger charge is -2.18. The molecule has 0 bridgehead atoms. The highest BCUT2D eigenvalue weighted by molar-refractivity contribution is 5.61. The topological polar surface area (TPSA) is 71.2 Å². The number of hydrogen-bond donors (Lipinski definition) is 2. The molecule has 0 atom stereocenters. The lowest BCUT2D eigenvalue weighted by atomic mass is 9.98. The first-order valence-corrected chi connectivity index (χ1v) is 6.17. The van der Waals surface area contributed by atoms with Crippen LogP contribution in [0.1, 0.15) is 24.6 Å². The van der Waals surface area contributed by atoms with Crippen LogP contribution in [0.4, 0.5) is 0 Å². The van der Waals surface area contributed by atoms with Gasteiger partial charge in [0.2, 0.25) is 0 Å². The van der Waals surface area contributed by atoms with E-state index in [4.69, 9.17) is 4.52 Å². The molecule has 0 aliphatic carbocycles. The van der Waals surface area contributed by atoms with Gasteiger partial charge in [0, 0.05) is 5.92 Å². The van der Waals surface area contributed by atoms with Crippen molar-refractivity contribution in [2.24, 2.45) is 0 Å². The van der Waals surface area contributed by atoms with E-state index in [2.05, 4.69) is 15.5 Å². The number of nitrogens with zero attached hydrogens (tertiary/aromatic N) is 2. The van der Waals surface area contributed by atoms with Crippen molar-refractivity contribution in [3.63, 3.8) is 0 Å². The fourth-order valence-corrected chi connectivity index (χ4v) is 2.24. The molecule has 0 unspecified atom stereocenters. The molecule has 1 saturated heterocycles. The Morgan fingerprint density at radius 1 is 1.22 bits per heavy atom. The molecule has 1 fully saturated rings. The summed E-state index contributed by atoms with van der Waals surface area (Å²) in [5.41, 5.74) is 0.588. The third-order valence-electron chi connectivity index (χ3n) is 3.28. The number of rotatable bonds is 2. The number of hydrogen-bond acceptors (Lipinski definition) is 5. The molecule has 94 valence electrons. The molecule has 3 rings (SSSR count). The van der Waals surface area contributed by atoms with E-state index in [1.807, 2.05) is 6.07 Å². The van der Waals surface area contributed by atoms with Crippen LogP contribution in [-0.2, 0) is 0 Å². The SMILES string of the molecule is Oc1ccccc1-c1nc(C2CCNCC2)no1. The first-order valence-electron chi connectivity index (χ1n) is 6.17. The van der Waals surface area contributed by atoms with Gasteiger partial charge in [0.15, 0.2) is 5.82 Å². The minimum absolute atomic E-state index is 0.165. The summed E-state index contributed by atoms with van der Waals surface area (Å²) in [5, 5.41) is 17.1. The number of para-hydroxylation sites is 1. The highest BCUT2D eigenvalue weighted by Crippen LogP contribution is 2.29. The molecule has 5 nitrogen and oxygen atoms in total. The van der Waals surface area contributed by atoms with Gasteiger partial charge in [-0.3, -0.25) is 0 Å². The Labute approximate surface area is 105 Å². The molecule has 0 saturated carbocycles. The molecular formula is C13H15N3O2. The summed E-state index contributed by atoms with van der Waals surface area (Å²) >= 11 is 0. The summed E-state index contributed by atoms with van der Waals surface area (Å²) in [6.07, 6.45) is 2.06. The number of phenols is 1. The predicted molar refractivity (Wildman–Crippen MR) is 66.2 cm³/mol. The highest BCUT2D eigenvalue weighted by Gasteiger charge is 2.21. The van der Waals surface area contributed by atoms with Crippen molar-refractivity contribution in [1.29, 1.82) is 0 Å². The molecule has 0 spiro atoms. The Hall–Kier alpha value is -1.88. The minimum Gasteiger partial charge on any atom is -0.507 e. The standard InChI is InChI=1S/C13H15N3O2/c17-11-4-2-1-3-10(11)13-15-12(16-18-13)9-5-7-14-8-6-9/h1-4,9,14,17H,5-8H2. The number of phenolic OH excluding ortho intramolecular Hbond substituents is 1. The maximum Gasteiger partial charge on any atom is 0.261 e. The van der Waals surface area contributed by atoms with Gasteiger partial charge in [0.25, 0.3) is 5.89 Å². The first-order chi connectivity index (χ1) is 8.84. The number of piperidine rings is 1. The molecule has 1 aliphatic heterocycles. The zero-order chi connectivity index (χ0) is 12.4. The second-order valence-corrected chi connectivity index (χ2v) is 4.50. The molecule has 1 aliphatic rings. The highest BCUT2D eigenvalue weighted by atomic mass is 16.5. The van der Waals surface area contributed by atoms with Crippen LogP contribution >= 0.6 is 0 Å². The summed E-state index contributed by atoms with van der Waals surface area (Å²) < 4.78 is 5.24. The van der Waals surface area contributed by atoms with Crippen molar-refractivity contribution in [2.45, 2.75) is 18.8 Å². The molecule has 1 aromatic heterocycles. The summed E-state index contributed by atoms with van der Waals surface area (Å²) in [6.45, 7) is 1.98. The van der Waals surface area contributed by atoms with Crippen molar-refractivity contribution in [2.75, 3.05) is 13.1 Å². The number of aromatic nitrogens is 2. The van der Waals surface area contributed by atoms with E-state index in [1.165, 1.54) is 0 Å². The predicted octanol–water partition coefficient (Wildman–Crippen LogP) is 1.91. The lowest BCUT2D eigenvalue weighted by Crippen LogP contribution is -2.27. The fraction of sp³-hybridized carbons (Fsp3) is 0.385. The van der Waals surface area contributed by atoms with Gasteiger partial charge in [-0.2, -0.15) is 4.98 Å². The molecule has 2 heterocycles. The van der Waals surface area contributed by atoms with Crippen LogP contribution in [0.25, 0.3) is 11.5 Å². The average Bonchev–Trinajstić information content (AvgIpc) is 2.90. The van der Waals surface area contributed by atoms with E-state index >= 15 is 0 Å².